The number of amides is 1. The molecule has 0 bridgehead atoms. The SMILES string of the molecule is COc1cc(/C=C/C=C(\C#N)C(=O)NCc2ccccc2C)ccc1O. The zero-order chi connectivity index (χ0) is 18.9. The summed E-state index contributed by atoms with van der Waals surface area (Å²) in [5.74, 6) is -0.0233. The molecule has 2 aromatic rings. The second kappa shape index (κ2) is 9.09. The van der Waals surface area contributed by atoms with Crippen LogP contribution in [0.3, 0.4) is 0 Å². The molecule has 0 aliphatic heterocycles. The fourth-order valence-corrected chi connectivity index (χ4v) is 2.30. The van der Waals surface area contributed by atoms with Gasteiger partial charge in [-0.1, -0.05) is 42.5 Å². The number of benzene rings is 2. The second-order valence-electron chi connectivity index (χ2n) is 5.59. The predicted octanol–water partition coefficient (Wildman–Crippen LogP) is 3.49. The lowest BCUT2D eigenvalue weighted by Crippen LogP contribution is -2.24. The van der Waals surface area contributed by atoms with Crippen LogP contribution in [0.1, 0.15) is 16.7 Å². The number of aromatic hydroxyl groups is 1. The van der Waals surface area contributed by atoms with Crippen molar-refractivity contribution < 1.29 is 14.6 Å². The standard InChI is InChI=1S/C21H20N2O3/c1-15-6-3-4-8-18(15)14-23-21(25)17(13-22)9-5-7-16-10-11-19(24)20(12-16)26-2/h3-12,24H,14H2,1-2H3,(H,23,25)/b7-5+,17-9+. The van der Waals surface area contributed by atoms with Gasteiger partial charge in [-0.3, -0.25) is 4.79 Å². The first-order valence-corrected chi connectivity index (χ1v) is 8.03. The third-order valence-electron chi connectivity index (χ3n) is 3.82. The number of nitrogens with zero attached hydrogens (tertiary/aromatic N) is 1. The Morgan fingerprint density at radius 3 is 2.77 bits per heavy atom. The van der Waals surface area contributed by atoms with Gasteiger partial charge in [0.25, 0.3) is 5.91 Å². The number of carbonyl (C=O) groups is 1. The summed E-state index contributed by atoms with van der Waals surface area (Å²) in [6, 6.07) is 14.5. The van der Waals surface area contributed by atoms with Gasteiger partial charge in [0.05, 0.1) is 7.11 Å². The van der Waals surface area contributed by atoms with Crippen LogP contribution in [-0.2, 0) is 11.3 Å². The van der Waals surface area contributed by atoms with Gasteiger partial charge >= 0.3 is 0 Å². The topological polar surface area (TPSA) is 82.3 Å². The minimum absolute atomic E-state index is 0.0144. The molecule has 0 aliphatic rings. The Labute approximate surface area is 152 Å². The number of hydrogen-bond donors (Lipinski definition) is 2. The highest BCUT2D eigenvalue weighted by Crippen LogP contribution is 2.26. The third kappa shape index (κ3) is 4.99. The fourth-order valence-electron chi connectivity index (χ4n) is 2.30. The van der Waals surface area contributed by atoms with Gasteiger partial charge in [0.2, 0.25) is 0 Å². The van der Waals surface area contributed by atoms with Gasteiger partial charge in [-0.05, 0) is 41.8 Å². The first-order valence-electron chi connectivity index (χ1n) is 8.03. The van der Waals surface area contributed by atoms with E-state index in [2.05, 4.69) is 5.32 Å². The number of nitriles is 1. The first kappa shape index (κ1) is 18.8. The number of allylic oxidation sites excluding steroid dienone is 2. The maximum Gasteiger partial charge on any atom is 0.262 e. The quantitative estimate of drug-likeness (QED) is 0.476. The molecule has 0 atom stereocenters. The molecule has 0 aliphatic carbocycles. The smallest absolute Gasteiger partial charge is 0.262 e. The van der Waals surface area contributed by atoms with Crippen LogP contribution in [0, 0.1) is 18.3 Å². The van der Waals surface area contributed by atoms with Crippen molar-refractivity contribution in [3.05, 3.63) is 76.9 Å². The van der Waals surface area contributed by atoms with E-state index < -0.39 is 5.91 Å². The van der Waals surface area contributed by atoms with Crippen molar-refractivity contribution in [2.75, 3.05) is 7.11 Å². The van der Waals surface area contributed by atoms with Crippen LogP contribution in [0.4, 0.5) is 0 Å². The number of phenolic OH excluding ortho intramolecular Hbond substituents is 1. The molecular weight excluding hydrogens is 328 g/mol. The van der Waals surface area contributed by atoms with E-state index in [1.807, 2.05) is 37.3 Å². The van der Waals surface area contributed by atoms with Crippen LogP contribution < -0.4 is 10.1 Å². The van der Waals surface area contributed by atoms with Crippen LogP contribution in [0.2, 0.25) is 0 Å². The van der Waals surface area contributed by atoms with E-state index in [9.17, 15) is 15.2 Å². The van der Waals surface area contributed by atoms with E-state index in [1.165, 1.54) is 19.3 Å². The van der Waals surface area contributed by atoms with Crippen LogP contribution in [0.25, 0.3) is 6.08 Å². The highest BCUT2D eigenvalue weighted by Gasteiger charge is 2.08. The van der Waals surface area contributed by atoms with Crippen molar-refractivity contribution in [1.82, 2.24) is 5.32 Å². The molecule has 5 heteroatoms. The lowest BCUT2D eigenvalue weighted by atomic mass is 10.1. The minimum Gasteiger partial charge on any atom is -0.504 e. The fraction of sp³-hybridized carbons (Fsp3) is 0.143. The third-order valence-corrected chi connectivity index (χ3v) is 3.82. The van der Waals surface area contributed by atoms with Crippen LogP contribution >= 0.6 is 0 Å². The lowest BCUT2D eigenvalue weighted by molar-refractivity contribution is -0.117. The van der Waals surface area contributed by atoms with Crippen molar-refractivity contribution in [3.63, 3.8) is 0 Å². The average molecular weight is 348 g/mol. The van der Waals surface area contributed by atoms with Crippen molar-refractivity contribution in [1.29, 1.82) is 5.26 Å². The Morgan fingerprint density at radius 2 is 2.08 bits per heavy atom. The molecule has 0 aromatic heterocycles. The Hall–Kier alpha value is -3.52. The molecule has 132 valence electrons. The number of hydrogen-bond acceptors (Lipinski definition) is 4. The van der Waals surface area contributed by atoms with Gasteiger partial charge in [0.1, 0.15) is 11.6 Å². The van der Waals surface area contributed by atoms with E-state index in [0.717, 1.165) is 16.7 Å². The summed E-state index contributed by atoms with van der Waals surface area (Å²) >= 11 is 0. The monoisotopic (exact) mass is 348 g/mol. The molecule has 2 aromatic carbocycles. The van der Waals surface area contributed by atoms with Crippen molar-refractivity contribution in [2.24, 2.45) is 0 Å². The van der Waals surface area contributed by atoms with E-state index in [1.54, 1.807) is 24.3 Å². The molecule has 0 unspecified atom stereocenters. The molecule has 0 heterocycles. The molecule has 5 nitrogen and oxygen atoms in total. The van der Waals surface area contributed by atoms with E-state index in [-0.39, 0.29) is 11.3 Å². The Kier molecular flexibility index (Phi) is 6.58. The Bertz CT molecular complexity index is 892. The summed E-state index contributed by atoms with van der Waals surface area (Å²) in [6.07, 6.45) is 4.78. The molecule has 0 saturated carbocycles. The van der Waals surface area contributed by atoms with Crippen molar-refractivity contribution in [2.45, 2.75) is 13.5 Å². The summed E-state index contributed by atoms with van der Waals surface area (Å²) in [5.41, 5.74) is 2.87. The highest BCUT2D eigenvalue weighted by atomic mass is 16.5. The van der Waals surface area contributed by atoms with Crippen molar-refractivity contribution >= 4 is 12.0 Å². The van der Waals surface area contributed by atoms with Gasteiger partial charge in [-0.25, -0.2) is 0 Å². The number of aryl methyl sites for hydroxylation is 1. The van der Waals surface area contributed by atoms with E-state index in [4.69, 9.17) is 4.74 Å². The maximum absolute atomic E-state index is 12.2. The van der Waals surface area contributed by atoms with Crippen LogP contribution in [0.5, 0.6) is 11.5 Å². The number of rotatable bonds is 6. The van der Waals surface area contributed by atoms with Gasteiger partial charge < -0.3 is 15.2 Å². The number of phenols is 1. The molecule has 0 saturated heterocycles. The second-order valence-corrected chi connectivity index (χ2v) is 5.59. The van der Waals surface area contributed by atoms with Crippen LogP contribution in [-0.4, -0.2) is 18.1 Å². The maximum atomic E-state index is 12.2. The summed E-state index contributed by atoms with van der Waals surface area (Å²) in [7, 11) is 1.47. The molecular formula is C21H20N2O3. The lowest BCUT2D eigenvalue weighted by Gasteiger charge is -2.06. The average Bonchev–Trinajstić information content (AvgIpc) is 2.65. The van der Waals surface area contributed by atoms with Gasteiger partial charge in [0.15, 0.2) is 11.5 Å². The van der Waals surface area contributed by atoms with E-state index in [0.29, 0.717) is 12.3 Å². The van der Waals surface area contributed by atoms with Gasteiger partial charge in [0, 0.05) is 6.54 Å². The largest absolute Gasteiger partial charge is 0.504 e. The van der Waals surface area contributed by atoms with Gasteiger partial charge in [-0.2, -0.15) is 5.26 Å². The molecule has 2 rings (SSSR count). The van der Waals surface area contributed by atoms with Gasteiger partial charge in [-0.15, -0.1) is 0 Å². The molecule has 2 N–H and O–H groups in total. The normalized spacial score (nSPS) is 11.2. The number of ether oxygens (including phenoxy) is 1. The van der Waals surface area contributed by atoms with Crippen molar-refractivity contribution in [3.8, 4) is 17.6 Å². The molecule has 1 amide bonds. The molecule has 26 heavy (non-hydrogen) atoms. The first-order chi connectivity index (χ1) is 12.5. The van der Waals surface area contributed by atoms with E-state index >= 15 is 0 Å². The van der Waals surface area contributed by atoms with Crippen LogP contribution in [0.15, 0.2) is 60.2 Å². The number of nitrogens with one attached hydrogen (secondary N) is 1. The summed E-state index contributed by atoms with van der Waals surface area (Å²) < 4.78 is 5.04. The minimum atomic E-state index is -0.427. The number of carbonyl (C=O) groups excluding carboxylic acids is 1. The summed E-state index contributed by atoms with van der Waals surface area (Å²) in [5, 5.41) is 21.5. The Morgan fingerprint density at radius 1 is 1.31 bits per heavy atom. The predicted molar refractivity (Wildman–Crippen MR) is 100 cm³/mol. The number of methoxy groups -OCH3 is 1. The molecule has 0 fully saturated rings. The zero-order valence-electron chi connectivity index (χ0n) is 14.7. The Balaban J connectivity index is 2.04. The molecule has 0 radical (unpaired) electrons. The highest BCUT2D eigenvalue weighted by molar-refractivity contribution is 5.97. The summed E-state index contributed by atoms with van der Waals surface area (Å²) in [6.45, 7) is 2.33. The molecule has 0 spiro atoms. The summed E-state index contributed by atoms with van der Waals surface area (Å²) in [4.78, 5) is 12.2. The zero-order valence-corrected chi connectivity index (χ0v) is 14.7.